The largest absolute Gasteiger partial charge is 0.477 e. The molecule has 90 valence electrons. The van der Waals surface area contributed by atoms with Crippen molar-refractivity contribution in [3.8, 4) is 6.07 Å². The van der Waals surface area contributed by atoms with Crippen LogP contribution in [0.3, 0.4) is 0 Å². The maximum atomic E-state index is 10.8. The first kappa shape index (κ1) is 12.1. The molecule has 5 heteroatoms. The van der Waals surface area contributed by atoms with E-state index in [0.717, 1.165) is 18.0 Å². The van der Waals surface area contributed by atoms with Crippen molar-refractivity contribution >= 4 is 17.3 Å². The van der Waals surface area contributed by atoms with Crippen LogP contribution in [-0.2, 0) is 6.54 Å². The first-order chi connectivity index (χ1) is 8.20. The number of aromatic carboxylic acids is 1. The van der Waals surface area contributed by atoms with Crippen molar-refractivity contribution in [1.82, 2.24) is 4.90 Å². The Hall–Kier alpha value is -1.38. The second-order valence-corrected chi connectivity index (χ2v) is 5.35. The number of rotatable bonds is 6. The predicted molar refractivity (Wildman–Crippen MR) is 64.9 cm³/mol. The van der Waals surface area contributed by atoms with Crippen molar-refractivity contribution in [2.24, 2.45) is 0 Å². The van der Waals surface area contributed by atoms with Gasteiger partial charge in [-0.25, -0.2) is 4.79 Å². The van der Waals surface area contributed by atoms with E-state index in [0.29, 0.717) is 17.3 Å². The van der Waals surface area contributed by atoms with E-state index in [1.165, 1.54) is 24.2 Å². The molecule has 0 radical (unpaired) electrons. The van der Waals surface area contributed by atoms with Crippen molar-refractivity contribution in [3.05, 3.63) is 21.9 Å². The molecule has 0 aromatic carbocycles. The fraction of sp³-hybridized carbons (Fsp3) is 0.500. The molecule has 1 aromatic heterocycles. The number of hydrogen-bond acceptors (Lipinski definition) is 4. The molecule has 0 spiro atoms. The quantitative estimate of drug-likeness (QED) is 0.841. The van der Waals surface area contributed by atoms with Gasteiger partial charge in [-0.15, -0.1) is 11.3 Å². The van der Waals surface area contributed by atoms with Gasteiger partial charge in [-0.1, -0.05) is 0 Å². The average Bonchev–Trinajstić information content (AvgIpc) is 3.04. The Morgan fingerprint density at radius 2 is 2.35 bits per heavy atom. The summed E-state index contributed by atoms with van der Waals surface area (Å²) in [5, 5.41) is 17.5. The van der Waals surface area contributed by atoms with Crippen LogP contribution in [-0.4, -0.2) is 28.6 Å². The SMILES string of the molecule is N#CCCN(Cc1ccc(C(=O)O)s1)C1CC1. The van der Waals surface area contributed by atoms with Gasteiger partial charge >= 0.3 is 5.97 Å². The molecule has 1 aromatic rings. The number of nitriles is 1. The number of carboxylic acids is 1. The number of carbonyl (C=O) groups is 1. The highest BCUT2D eigenvalue weighted by Crippen LogP contribution is 2.29. The molecule has 1 N–H and O–H groups in total. The molecule has 0 aliphatic heterocycles. The molecular weight excluding hydrogens is 236 g/mol. The van der Waals surface area contributed by atoms with Crippen molar-refractivity contribution in [3.63, 3.8) is 0 Å². The Labute approximate surface area is 104 Å². The summed E-state index contributed by atoms with van der Waals surface area (Å²) in [6, 6.07) is 6.28. The molecule has 4 nitrogen and oxygen atoms in total. The highest BCUT2D eigenvalue weighted by molar-refractivity contribution is 7.13. The third-order valence-electron chi connectivity index (χ3n) is 2.81. The second kappa shape index (κ2) is 5.30. The molecule has 1 aliphatic rings. The molecule has 1 aliphatic carbocycles. The van der Waals surface area contributed by atoms with Crippen molar-refractivity contribution < 1.29 is 9.90 Å². The van der Waals surface area contributed by atoms with Gasteiger partial charge in [0.1, 0.15) is 4.88 Å². The van der Waals surface area contributed by atoms with E-state index in [1.54, 1.807) is 6.07 Å². The zero-order valence-corrected chi connectivity index (χ0v) is 10.2. The summed E-state index contributed by atoms with van der Waals surface area (Å²) in [4.78, 5) is 14.5. The monoisotopic (exact) mass is 250 g/mol. The predicted octanol–water partition coefficient (Wildman–Crippen LogP) is 2.32. The lowest BCUT2D eigenvalue weighted by Crippen LogP contribution is -2.26. The van der Waals surface area contributed by atoms with Gasteiger partial charge in [0.2, 0.25) is 0 Å². The van der Waals surface area contributed by atoms with Crippen molar-refractivity contribution in [2.45, 2.75) is 31.8 Å². The molecule has 0 atom stereocenters. The van der Waals surface area contributed by atoms with E-state index in [1.807, 2.05) is 6.07 Å². The van der Waals surface area contributed by atoms with Gasteiger partial charge in [0.25, 0.3) is 0 Å². The maximum Gasteiger partial charge on any atom is 0.345 e. The van der Waals surface area contributed by atoms with Crippen molar-refractivity contribution in [1.29, 1.82) is 5.26 Å². The minimum atomic E-state index is -0.865. The highest BCUT2D eigenvalue weighted by atomic mass is 32.1. The Bertz CT molecular complexity index is 446. The fourth-order valence-electron chi connectivity index (χ4n) is 1.80. The number of thiophene rings is 1. The lowest BCUT2D eigenvalue weighted by atomic mass is 10.3. The number of carboxylic acid groups (broad SMARTS) is 1. The molecule has 0 amide bonds. The fourth-order valence-corrected chi connectivity index (χ4v) is 2.67. The summed E-state index contributed by atoms with van der Waals surface area (Å²) in [7, 11) is 0. The molecule has 0 bridgehead atoms. The van der Waals surface area contributed by atoms with Gasteiger partial charge in [0.15, 0.2) is 0 Å². The lowest BCUT2D eigenvalue weighted by Gasteiger charge is -2.19. The van der Waals surface area contributed by atoms with Crippen LogP contribution < -0.4 is 0 Å². The van der Waals surface area contributed by atoms with Crippen LogP contribution in [0.5, 0.6) is 0 Å². The van der Waals surface area contributed by atoms with Gasteiger partial charge in [0, 0.05) is 30.4 Å². The van der Waals surface area contributed by atoms with E-state index in [9.17, 15) is 4.79 Å². The average molecular weight is 250 g/mol. The molecule has 0 saturated heterocycles. The zero-order chi connectivity index (χ0) is 12.3. The summed E-state index contributed by atoms with van der Waals surface area (Å²) in [6.45, 7) is 1.55. The first-order valence-electron chi connectivity index (χ1n) is 5.63. The third-order valence-corrected chi connectivity index (χ3v) is 3.86. The standard InChI is InChI=1S/C12H14N2O2S/c13-6-1-7-14(9-2-3-9)8-10-4-5-11(17-10)12(15)16/h4-5,9H,1-3,7-8H2,(H,15,16). The van der Waals surface area contributed by atoms with E-state index >= 15 is 0 Å². The summed E-state index contributed by atoms with van der Waals surface area (Å²) in [5.74, 6) is -0.865. The summed E-state index contributed by atoms with van der Waals surface area (Å²) in [6.07, 6.45) is 2.93. The third kappa shape index (κ3) is 3.29. The topological polar surface area (TPSA) is 64.3 Å². The Balaban J connectivity index is 1.96. The minimum absolute atomic E-state index is 0.385. The van der Waals surface area contributed by atoms with Gasteiger partial charge in [0.05, 0.1) is 6.07 Å². The van der Waals surface area contributed by atoms with Crippen LogP contribution in [0.2, 0.25) is 0 Å². The molecule has 17 heavy (non-hydrogen) atoms. The van der Waals surface area contributed by atoms with Crippen molar-refractivity contribution in [2.75, 3.05) is 6.54 Å². The van der Waals surface area contributed by atoms with E-state index in [-0.39, 0.29) is 0 Å². The maximum absolute atomic E-state index is 10.8. The van der Waals surface area contributed by atoms with E-state index < -0.39 is 5.97 Å². The molecule has 0 unspecified atom stereocenters. The van der Waals surface area contributed by atoms with E-state index in [4.69, 9.17) is 10.4 Å². The minimum Gasteiger partial charge on any atom is -0.477 e. The number of hydrogen-bond donors (Lipinski definition) is 1. The first-order valence-corrected chi connectivity index (χ1v) is 6.45. The smallest absolute Gasteiger partial charge is 0.345 e. The van der Waals surface area contributed by atoms with Crippen LogP contribution >= 0.6 is 11.3 Å². The second-order valence-electron chi connectivity index (χ2n) is 4.18. The molecular formula is C12H14N2O2S. The van der Waals surface area contributed by atoms with Gasteiger partial charge in [-0.05, 0) is 25.0 Å². The van der Waals surface area contributed by atoms with Crippen LogP contribution in [0, 0.1) is 11.3 Å². The van der Waals surface area contributed by atoms with Crippen LogP contribution in [0.1, 0.15) is 33.8 Å². The summed E-state index contributed by atoms with van der Waals surface area (Å²) < 4.78 is 0. The van der Waals surface area contributed by atoms with Gasteiger partial charge in [-0.2, -0.15) is 5.26 Å². The Kier molecular flexibility index (Phi) is 3.77. The Morgan fingerprint density at radius 3 is 2.88 bits per heavy atom. The summed E-state index contributed by atoms with van der Waals surface area (Å²) in [5.41, 5.74) is 0. The van der Waals surface area contributed by atoms with Gasteiger partial charge < -0.3 is 5.11 Å². The van der Waals surface area contributed by atoms with E-state index in [2.05, 4.69) is 11.0 Å². The zero-order valence-electron chi connectivity index (χ0n) is 9.43. The lowest BCUT2D eigenvalue weighted by molar-refractivity contribution is 0.0702. The normalized spacial score (nSPS) is 14.8. The number of nitrogens with zero attached hydrogens (tertiary/aromatic N) is 2. The highest BCUT2D eigenvalue weighted by Gasteiger charge is 2.28. The molecule has 1 fully saturated rings. The van der Waals surface area contributed by atoms with Crippen LogP contribution in [0.25, 0.3) is 0 Å². The molecule has 2 rings (SSSR count). The van der Waals surface area contributed by atoms with Gasteiger partial charge in [-0.3, -0.25) is 4.90 Å². The molecule has 1 saturated carbocycles. The van der Waals surface area contributed by atoms with Crippen LogP contribution in [0.15, 0.2) is 12.1 Å². The molecule has 1 heterocycles. The Morgan fingerprint density at radius 1 is 1.59 bits per heavy atom. The summed E-state index contributed by atoms with van der Waals surface area (Å²) >= 11 is 1.32. The van der Waals surface area contributed by atoms with Crippen LogP contribution in [0.4, 0.5) is 0 Å².